The third-order valence-corrected chi connectivity index (χ3v) is 5.15. The molecule has 1 atom stereocenters. The third kappa shape index (κ3) is 3.46. The largest absolute Gasteiger partial charge is 0.317 e. The Morgan fingerprint density at radius 1 is 0.952 bits per heavy atom. The number of carbonyl (C=O) groups is 2. The van der Waals surface area contributed by atoms with Crippen LogP contribution in [0.1, 0.15) is 57.8 Å². The molecule has 0 spiro atoms. The van der Waals surface area contributed by atoms with E-state index in [2.05, 4.69) is 10.6 Å². The molecule has 0 aromatic heterocycles. The van der Waals surface area contributed by atoms with Crippen molar-refractivity contribution in [1.29, 1.82) is 0 Å². The van der Waals surface area contributed by atoms with E-state index in [-0.39, 0.29) is 23.9 Å². The van der Waals surface area contributed by atoms with Crippen LogP contribution < -0.4 is 10.6 Å². The van der Waals surface area contributed by atoms with Gasteiger partial charge in [-0.3, -0.25) is 14.5 Å². The van der Waals surface area contributed by atoms with Crippen LogP contribution in [-0.2, 0) is 9.59 Å². The van der Waals surface area contributed by atoms with Crippen molar-refractivity contribution in [2.24, 2.45) is 0 Å². The summed E-state index contributed by atoms with van der Waals surface area (Å²) < 4.78 is 0. The summed E-state index contributed by atoms with van der Waals surface area (Å²) >= 11 is 0. The Morgan fingerprint density at radius 3 is 2.29 bits per heavy atom. The molecule has 0 aromatic rings. The van der Waals surface area contributed by atoms with E-state index in [1.807, 2.05) is 0 Å². The molecule has 21 heavy (non-hydrogen) atoms. The Kier molecular flexibility index (Phi) is 4.91. The number of likely N-dealkylation sites (tertiary alicyclic amines) is 1. The van der Waals surface area contributed by atoms with E-state index in [9.17, 15) is 9.59 Å². The Labute approximate surface area is 126 Å². The molecule has 2 amide bonds. The van der Waals surface area contributed by atoms with E-state index in [0.717, 1.165) is 51.6 Å². The summed E-state index contributed by atoms with van der Waals surface area (Å²) in [5.74, 6) is 0.0729. The normalized spacial score (nSPS) is 29.9. The number of hydrogen-bond acceptors (Lipinski definition) is 4. The van der Waals surface area contributed by atoms with E-state index >= 15 is 0 Å². The maximum absolute atomic E-state index is 12.6. The van der Waals surface area contributed by atoms with Crippen LogP contribution in [0.15, 0.2) is 0 Å². The summed E-state index contributed by atoms with van der Waals surface area (Å²) in [6, 6.07) is 0.262. The van der Waals surface area contributed by atoms with Crippen molar-refractivity contribution in [3.63, 3.8) is 0 Å². The zero-order chi connectivity index (χ0) is 14.7. The van der Waals surface area contributed by atoms with Crippen LogP contribution in [0.4, 0.5) is 0 Å². The number of rotatable bonds is 3. The summed E-state index contributed by atoms with van der Waals surface area (Å²) in [6.45, 7) is 2.00. The van der Waals surface area contributed by atoms with Crippen molar-refractivity contribution in [1.82, 2.24) is 15.5 Å². The van der Waals surface area contributed by atoms with Crippen molar-refractivity contribution < 1.29 is 9.59 Å². The minimum atomic E-state index is -0.274. The second kappa shape index (κ2) is 6.88. The van der Waals surface area contributed by atoms with Crippen molar-refractivity contribution in [2.75, 3.05) is 13.1 Å². The monoisotopic (exact) mass is 293 g/mol. The fraction of sp³-hybridized carbons (Fsp3) is 0.875. The van der Waals surface area contributed by atoms with Gasteiger partial charge in [-0.05, 0) is 38.8 Å². The molecule has 3 rings (SSSR count). The molecule has 118 valence electrons. The maximum Gasteiger partial charge on any atom is 0.247 e. The van der Waals surface area contributed by atoms with Crippen LogP contribution in [0.3, 0.4) is 0 Å². The molecule has 0 bridgehead atoms. The molecular formula is C16H27N3O2. The molecule has 1 aliphatic carbocycles. The molecule has 1 unspecified atom stereocenters. The second-order valence-corrected chi connectivity index (χ2v) is 6.70. The Hall–Kier alpha value is -0.940. The Balaban J connectivity index is 1.61. The highest BCUT2D eigenvalue weighted by atomic mass is 16.2. The van der Waals surface area contributed by atoms with Crippen LogP contribution >= 0.6 is 0 Å². The van der Waals surface area contributed by atoms with Gasteiger partial charge in [-0.15, -0.1) is 0 Å². The molecule has 0 radical (unpaired) electrons. The SMILES string of the molecule is O=C1CC(NC2CCNCC2)C(=O)N1C1CCCCCC1. The lowest BCUT2D eigenvalue weighted by atomic mass is 10.0. The van der Waals surface area contributed by atoms with Gasteiger partial charge >= 0.3 is 0 Å². The summed E-state index contributed by atoms with van der Waals surface area (Å²) in [7, 11) is 0. The van der Waals surface area contributed by atoms with Gasteiger partial charge in [-0.2, -0.15) is 0 Å². The van der Waals surface area contributed by atoms with Crippen LogP contribution in [0.25, 0.3) is 0 Å². The minimum absolute atomic E-state index is 0.0328. The van der Waals surface area contributed by atoms with Crippen molar-refractivity contribution in [3.05, 3.63) is 0 Å². The van der Waals surface area contributed by atoms with Gasteiger partial charge in [0.2, 0.25) is 11.8 Å². The van der Waals surface area contributed by atoms with E-state index in [4.69, 9.17) is 0 Å². The lowest BCUT2D eigenvalue weighted by Crippen LogP contribution is -2.49. The van der Waals surface area contributed by atoms with Crippen molar-refractivity contribution >= 4 is 11.8 Å². The fourth-order valence-corrected chi connectivity index (χ4v) is 3.95. The lowest BCUT2D eigenvalue weighted by molar-refractivity contribution is -0.141. The molecule has 2 N–H and O–H groups in total. The maximum atomic E-state index is 12.6. The van der Waals surface area contributed by atoms with Gasteiger partial charge in [0.15, 0.2) is 0 Å². The molecule has 2 heterocycles. The molecule has 5 heteroatoms. The number of piperidine rings is 1. The molecule has 3 fully saturated rings. The van der Waals surface area contributed by atoms with Gasteiger partial charge in [0.25, 0.3) is 0 Å². The van der Waals surface area contributed by atoms with Crippen LogP contribution in [0.5, 0.6) is 0 Å². The first-order valence-corrected chi connectivity index (χ1v) is 8.58. The average Bonchev–Trinajstić information content (AvgIpc) is 2.70. The molecule has 5 nitrogen and oxygen atoms in total. The van der Waals surface area contributed by atoms with Crippen molar-refractivity contribution in [2.45, 2.75) is 75.9 Å². The van der Waals surface area contributed by atoms with Gasteiger partial charge in [-0.25, -0.2) is 0 Å². The van der Waals surface area contributed by atoms with E-state index in [1.54, 1.807) is 4.90 Å². The quantitative estimate of drug-likeness (QED) is 0.606. The number of carbonyl (C=O) groups excluding carboxylic acids is 2. The average molecular weight is 293 g/mol. The lowest BCUT2D eigenvalue weighted by Gasteiger charge is -2.28. The van der Waals surface area contributed by atoms with Gasteiger partial charge in [0, 0.05) is 12.1 Å². The number of nitrogens with one attached hydrogen (secondary N) is 2. The standard InChI is InChI=1S/C16H27N3O2/c20-15-11-14(18-12-7-9-17-10-8-12)16(21)19(15)13-5-3-1-2-4-6-13/h12-14,17-18H,1-11H2. The van der Waals surface area contributed by atoms with Crippen molar-refractivity contribution in [3.8, 4) is 0 Å². The van der Waals surface area contributed by atoms with Gasteiger partial charge < -0.3 is 10.6 Å². The number of hydrogen-bond donors (Lipinski definition) is 2. The van der Waals surface area contributed by atoms with Crippen LogP contribution in [-0.4, -0.2) is 47.9 Å². The van der Waals surface area contributed by atoms with Gasteiger partial charge in [0.1, 0.15) is 0 Å². The van der Waals surface area contributed by atoms with E-state index in [1.165, 1.54) is 12.8 Å². The Bertz CT molecular complexity index is 385. The number of amides is 2. The summed E-state index contributed by atoms with van der Waals surface area (Å²) in [5.41, 5.74) is 0. The van der Waals surface area contributed by atoms with Crippen LogP contribution in [0, 0.1) is 0 Å². The minimum Gasteiger partial charge on any atom is -0.317 e. The topological polar surface area (TPSA) is 61.4 Å². The Morgan fingerprint density at radius 2 is 1.62 bits per heavy atom. The highest BCUT2D eigenvalue weighted by Gasteiger charge is 2.42. The highest BCUT2D eigenvalue weighted by molar-refractivity contribution is 6.05. The summed E-state index contributed by atoms with van der Waals surface area (Å²) in [4.78, 5) is 26.5. The number of nitrogens with zero attached hydrogens (tertiary/aromatic N) is 1. The molecular weight excluding hydrogens is 266 g/mol. The van der Waals surface area contributed by atoms with Crippen LogP contribution in [0.2, 0.25) is 0 Å². The second-order valence-electron chi connectivity index (χ2n) is 6.70. The molecule has 3 aliphatic rings. The molecule has 2 saturated heterocycles. The zero-order valence-electron chi connectivity index (χ0n) is 12.8. The zero-order valence-corrected chi connectivity index (χ0v) is 12.8. The van der Waals surface area contributed by atoms with E-state index < -0.39 is 0 Å². The molecule has 0 aromatic carbocycles. The number of imide groups is 1. The fourth-order valence-electron chi connectivity index (χ4n) is 3.95. The first kappa shape index (κ1) is 15.0. The van der Waals surface area contributed by atoms with Gasteiger partial charge in [-0.1, -0.05) is 25.7 Å². The van der Waals surface area contributed by atoms with Gasteiger partial charge in [0.05, 0.1) is 12.5 Å². The smallest absolute Gasteiger partial charge is 0.247 e. The van der Waals surface area contributed by atoms with E-state index in [0.29, 0.717) is 12.5 Å². The summed E-state index contributed by atoms with van der Waals surface area (Å²) in [5, 5.41) is 6.76. The predicted molar refractivity (Wildman–Crippen MR) is 80.8 cm³/mol. The highest BCUT2D eigenvalue weighted by Crippen LogP contribution is 2.27. The predicted octanol–water partition coefficient (Wildman–Crippen LogP) is 1.18. The first-order chi connectivity index (χ1) is 10.3. The summed E-state index contributed by atoms with van der Waals surface area (Å²) in [6.07, 6.45) is 9.21. The molecule has 1 saturated carbocycles. The third-order valence-electron chi connectivity index (χ3n) is 5.15. The molecule has 2 aliphatic heterocycles. The first-order valence-electron chi connectivity index (χ1n) is 8.58.